The van der Waals surface area contributed by atoms with Gasteiger partial charge in [-0.15, -0.1) is 0 Å². The Balaban J connectivity index is 1.89. The summed E-state index contributed by atoms with van der Waals surface area (Å²) in [7, 11) is 0. The summed E-state index contributed by atoms with van der Waals surface area (Å²) in [5.41, 5.74) is 6.72. The van der Waals surface area contributed by atoms with Gasteiger partial charge in [-0.25, -0.2) is 0 Å². The molecule has 2 aromatic carbocycles. The van der Waals surface area contributed by atoms with E-state index < -0.39 is 5.91 Å². The zero-order valence-corrected chi connectivity index (χ0v) is 15.8. The van der Waals surface area contributed by atoms with E-state index in [-0.39, 0.29) is 18.5 Å². The SMILES string of the molecule is CCOc1ccc(C(=O)N(CN2CCCC2=O)c2ccc(C(N)=O)cc2)cc1. The average molecular weight is 381 g/mol. The largest absolute Gasteiger partial charge is 0.494 e. The molecule has 0 saturated carbocycles. The minimum Gasteiger partial charge on any atom is -0.494 e. The first-order chi connectivity index (χ1) is 13.5. The van der Waals surface area contributed by atoms with E-state index in [4.69, 9.17) is 10.5 Å². The van der Waals surface area contributed by atoms with Crippen molar-refractivity contribution in [3.63, 3.8) is 0 Å². The van der Waals surface area contributed by atoms with E-state index in [2.05, 4.69) is 0 Å². The standard InChI is InChI=1S/C21H23N3O4/c1-2-28-18-11-7-16(8-12-18)21(27)24(14-23-13-3-4-19(23)25)17-9-5-15(6-10-17)20(22)26/h5-12H,2-4,13-14H2,1H3,(H2,22,26). The average Bonchev–Trinajstić information content (AvgIpc) is 3.11. The highest BCUT2D eigenvalue weighted by Crippen LogP contribution is 2.22. The normalized spacial score (nSPS) is 13.5. The molecule has 3 amide bonds. The van der Waals surface area contributed by atoms with E-state index in [1.54, 1.807) is 53.4 Å². The van der Waals surface area contributed by atoms with E-state index in [1.807, 2.05) is 6.92 Å². The summed E-state index contributed by atoms with van der Waals surface area (Å²) in [4.78, 5) is 39.8. The molecule has 1 heterocycles. The lowest BCUT2D eigenvalue weighted by molar-refractivity contribution is -0.127. The first-order valence-electron chi connectivity index (χ1n) is 9.22. The summed E-state index contributed by atoms with van der Waals surface area (Å²) in [5.74, 6) is -0.0652. The Labute approximate surface area is 163 Å². The lowest BCUT2D eigenvalue weighted by Crippen LogP contribution is -2.42. The van der Waals surface area contributed by atoms with Gasteiger partial charge in [-0.3, -0.25) is 19.3 Å². The van der Waals surface area contributed by atoms with Crippen LogP contribution in [0.1, 0.15) is 40.5 Å². The Hall–Kier alpha value is -3.35. The van der Waals surface area contributed by atoms with Crippen molar-refractivity contribution in [3.8, 4) is 5.75 Å². The van der Waals surface area contributed by atoms with Crippen LogP contribution >= 0.6 is 0 Å². The molecule has 1 fully saturated rings. The van der Waals surface area contributed by atoms with E-state index in [9.17, 15) is 14.4 Å². The molecule has 28 heavy (non-hydrogen) atoms. The van der Waals surface area contributed by atoms with Crippen LogP contribution in [-0.4, -0.2) is 42.4 Å². The van der Waals surface area contributed by atoms with Crippen LogP contribution in [0.3, 0.4) is 0 Å². The van der Waals surface area contributed by atoms with Crippen molar-refractivity contribution < 1.29 is 19.1 Å². The Kier molecular flexibility index (Phi) is 5.93. The van der Waals surface area contributed by atoms with Crippen LogP contribution in [-0.2, 0) is 4.79 Å². The Morgan fingerprint density at radius 1 is 1.07 bits per heavy atom. The first-order valence-corrected chi connectivity index (χ1v) is 9.22. The van der Waals surface area contributed by atoms with E-state index >= 15 is 0 Å². The van der Waals surface area contributed by atoms with Gasteiger partial charge in [0.1, 0.15) is 12.4 Å². The van der Waals surface area contributed by atoms with Crippen molar-refractivity contribution in [3.05, 3.63) is 59.7 Å². The van der Waals surface area contributed by atoms with Gasteiger partial charge in [0.25, 0.3) is 5.91 Å². The molecular weight excluding hydrogens is 358 g/mol. The summed E-state index contributed by atoms with van der Waals surface area (Å²) >= 11 is 0. The van der Waals surface area contributed by atoms with Crippen molar-refractivity contribution in [2.45, 2.75) is 19.8 Å². The number of likely N-dealkylation sites (tertiary alicyclic amines) is 1. The summed E-state index contributed by atoms with van der Waals surface area (Å²) in [6, 6.07) is 13.3. The Morgan fingerprint density at radius 3 is 2.25 bits per heavy atom. The first kappa shape index (κ1) is 19.4. The number of nitrogens with two attached hydrogens (primary N) is 1. The van der Waals surface area contributed by atoms with Crippen LogP contribution in [0.15, 0.2) is 48.5 Å². The smallest absolute Gasteiger partial charge is 0.259 e. The molecule has 7 heteroatoms. The zero-order valence-electron chi connectivity index (χ0n) is 15.8. The van der Waals surface area contributed by atoms with Crippen molar-refractivity contribution in [2.75, 3.05) is 24.7 Å². The molecule has 0 unspecified atom stereocenters. The van der Waals surface area contributed by atoms with Crippen molar-refractivity contribution in [2.24, 2.45) is 5.73 Å². The lowest BCUT2D eigenvalue weighted by Gasteiger charge is -2.28. The van der Waals surface area contributed by atoms with Crippen LogP contribution in [0.25, 0.3) is 0 Å². The minimum absolute atomic E-state index is 0.0262. The predicted octanol–water partition coefficient (Wildman–Crippen LogP) is 2.41. The highest BCUT2D eigenvalue weighted by atomic mass is 16.5. The van der Waals surface area contributed by atoms with Crippen LogP contribution in [0.5, 0.6) is 5.75 Å². The highest BCUT2D eigenvalue weighted by molar-refractivity contribution is 6.06. The molecule has 2 aromatic rings. The van der Waals surface area contributed by atoms with Gasteiger partial charge < -0.3 is 15.4 Å². The molecule has 2 N–H and O–H groups in total. The molecule has 3 rings (SSSR count). The van der Waals surface area contributed by atoms with Gasteiger partial charge in [0.05, 0.1) is 6.61 Å². The quantitative estimate of drug-likeness (QED) is 0.797. The third-order valence-corrected chi connectivity index (χ3v) is 4.60. The number of anilines is 1. The van der Waals surface area contributed by atoms with Crippen molar-refractivity contribution >= 4 is 23.4 Å². The molecule has 0 radical (unpaired) electrons. The third kappa shape index (κ3) is 4.31. The van der Waals surface area contributed by atoms with Crippen LogP contribution in [0.4, 0.5) is 5.69 Å². The maximum Gasteiger partial charge on any atom is 0.259 e. The fourth-order valence-electron chi connectivity index (χ4n) is 3.11. The number of rotatable bonds is 7. The second-order valence-corrected chi connectivity index (χ2v) is 6.50. The Morgan fingerprint density at radius 2 is 1.71 bits per heavy atom. The van der Waals surface area contributed by atoms with Gasteiger partial charge in [-0.1, -0.05) is 0 Å². The summed E-state index contributed by atoms with van der Waals surface area (Å²) in [6.45, 7) is 3.21. The molecule has 0 aromatic heterocycles. The molecule has 1 saturated heterocycles. The summed E-state index contributed by atoms with van der Waals surface area (Å²) in [6.07, 6.45) is 1.27. The monoisotopic (exact) mass is 381 g/mol. The molecule has 7 nitrogen and oxygen atoms in total. The van der Waals surface area contributed by atoms with Crippen molar-refractivity contribution in [1.82, 2.24) is 4.90 Å². The molecule has 0 bridgehead atoms. The van der Waals surface area contributed by atoms with Gasteiger partial charge in [0.15, 0.2) is 0 Å². The molecular formula is C21H23N3O4. The maximum absolute atomic E-state index is 13.2. The summed E-state index contributed by atoms with van der Waals surface area (Å²) in [5, 5.41) is 0. The van der Waals surface area contributed by atoms with Gasteiger partial charge in [-0.05, 0) is 61.9 Å². The highest BCUT2D eigenvalue weighted by Gasteiger charge is 2.26. The molecule has 0 spiro atoms. The predicted molar refractivity (Wildman–Crippen MR) is 105 cm³/mol. The van der Waals surface area contributed by atoms with Gasteiger partial charge >= 0.3 is 0 Å². The molecule has 0 aliphatic carbocycles. The molecule has 146 valence electrons. The summed E-state index contributed by atoms with van der Waals surface area (Å²) < 4.78 is 5.42. The fourth-order valence-corrected chi connectivity index (χ4v) is 3.11. The van der Waals surface area contributed by atoms with Crippen LogP contribution in [0.2, 0.25) is 0 Å². The number of hydrogen-bond acceptors (Lipinski definition) is 4. The minimum atomic E-state index is -0.536. The lowest BCUT2D eigenvalue weighted by atomic mass is 10.1. The Bertz CT molecular complexity index is 862. The van der Waals surface area contributed by atoms with E-state index in [1.165, 1.54) is 4.90 Å². The maximum atomic E-state index is 13.2. The molecule has 1 aliphatic rings. The number of carbonyl (C=O) groups is 3. The second-order valence-electron chi connectivity index (χ2n) is 6.50. The number of amides is 3. The number of carbonyl (C=O) groups excluding carboxylic acids is 3. The number of hydrogen-bond donors (Lipinski definition) is 1. The van der Waals surface area contributed by atoms with Crippen LogP contribution < -0.4 is 15.4 Å². The second kappa shape index (κ2) is 8.56. The molecule has 0 atom stereocenters. The number of ether oxygens (including phenoxy) is 1. The van der Waals surface area contributed by atoms with Gasteiger partial charge in [-0.2, -0.15) is 0 Å². The molecule has 1 aliphatic heterocycles. The van der Waals surface area contributed by atoms with Gasteiger partial charge in [0, 0.05) is 29.8 Å². The number of benzene rings is 2. The van der Waals surface area contributed by atoms with Crippen molar-refractivity contribution in [1.29, 1.82) is 0 Å². The third-order valence-electron chi connectivity index (χ3n) is 4.60. The fraction of sp³-hybridized carbons (Fsp3) is 0.286. The van der Waals surface area contributed by atoms with E-state index in [0.717, 1.165) is 6.42 Å². The topological polar surface area (TPSA) is 92.9 Å². The number of primary amides is 1. The van der Waals surface area contributed by atoms with Crippen LogP contribution in [0, 0.1) is 0 Å². The van der Waals surface area contributed by atoms with E-state index in [0.29, 0.717) is 42.1 Å². The van der Waals surface area contributed by atoms with Gasteiger partial charge in [0.2, 0.25) is 11.8 Å². The number of nitrogens with zero attached hydrogens (tertiary/aromatic N) is 2. The zero-order chi connectivity index (χ0) is 20.1.